The van der Waals surface area contributed by atoms with Crippen LogP contribution in [0.3, 0.4) is 0 Å². The molecular formula is C26H18BrFN2O6. The molecule has 0 atom stereocenters. The van der Waals surface area contributed by atoms with Crippen molar-refractivity contribution in [3.8, 4) is 5.75 Å². The maximum atomic E-state index is 13.1. The van der Waals surface area contributed by atoms with Crippen LogP contribution in [0.2, 0.25) is 0 Å². The minimum Gasteiger partial charge on any atom is -0.488 e. The van der Waals surface area contributed by atoms with Crippen LogP contribution in [0.25, 0.3) is 6.08 Å². The molecule has 0 bridgehead atoms. The number of halogens is 2. The van der Waals surface area contributed by atoms with Crippen LogP contribution < -0.4 is 15.0 Å². The van der Waals surface area contributed by atoms with Crippen molar-refractivity contribution >= 4 is 51.5 Å². The summed E-state index contributed by atoms with van der Waals surface area (Å²) in [5.74, 6) is -2.05. The zero-order valence-electron chi connectivity index (χ0n) is 18.8. The molecule has 1 fully saturated rings. The zero-order chi connectivity index (χ0) is 25.8. The maximum absolute atomic E-state index is 13.1. The minimum atomic E-state index is -0.904. The van der Waals surface area contributed by atoms with Crippen LogP contribution in [0, 0.1) is 5.82 Å². The molecule has 4 rings (SSSR count). The smallest absolute Gasteiger partial charge is 0.337 e. The van der Waals surface area contributed by atoms with Gasteiger partial charge >= 0.3 is 12.0 Å². The summed E-state index contributed by atoms with van der Waals surface area (Å²) in [6.45, 7) is 0.214. The number of nitrogens with zero attached hydrogens (tertiary/aromatic N) is 1. The van der Waals surface area contributed by atoms with Crippen LogP contribution in [0.5, 0.6) is 5.75 Å². The van der Waals surface area contributed by atoms with Crippen LogP contribution in [-0.4, -0.2) is 30.9 Å². The van der Waals surface area contributed by atoms with Crippen molar-refractivity contribution < 1.29 is 33.0 Å². The molecule has 0 saturated carbocycles. The molecule has 1 saturated heterocycles. The topological polar surface area (TPSA) is 102 Å². The summed E-state index contributed by atoms with van der Waals surface area (Å²) in [6.07, 6.45) is 1.36. The summed E-state index contributed by atoms with van der Waals surface area (Å²) < 4.78 is 24.0. The lowest BCUT2D eigenvalue weighted by atomic mass is 10.1. The average Bonchev–Trinajstić information content (AvgIpc) is 2.87. The molecule has 0 aromatic heterocycles. The number of imide groups is 2. The molecule has 0 radical (unpaired) electrons. The third-order valence-electron chi connectivity index (χ3n) is 5.22. The number of amides is 4. The van der Waals surface area contributed by atoms with Gasteiger partial charge in [-0.2, -0.15) is 0 Å². The van der Waals surface area contributed by atoms with Crippen molar-refractivity contribution in [3.05, 3.63) is 99.3 Å². The monoisotopic (exact) mass is 552 g/mol. The number of hydrogen-bond acceptors (Lipinski definition) is 6. The number of anilines is 1. The number of rotatable bonds is 6. The third kappa shape index (κ3) is 5.33. The standard InChI is InChI=1S/C26H18BrFN2O6/c1-35-25(33)17-5-9-19(10-6-17)30-24(32)20(23(31)29-26(30)34)12-16-4-11-22(21(27)13-16)36-14-15-2-7-18(28)8-3-15/h2-13H,14H2,1H3,(H,29,31,34)/b20-12+. The predicted octanol–water partition coefficient (Wildman–Crippen LogP) is 4.62. The van der Waals surface area contributed by atoms with E-state index in [0.29, 0.717) is 15.8 Å². The van der Waals surface area contributed by atoms with Crippen LogP contribution in [-0.2, 0) is 20.9 Å². The van der Waals surface area contributed by atoms with Crippen LogP contribution in [0.4, 0.5) is 14.9 Å². The first-order chi connectivity index (χ1) is 17.3. The first-order valence-electron chi connectivity index (χ1n) is 10.5. The summed E-state index contributed by atoms with van der Waals surface area (Å²) in [5.41, 5.74) is 1.45. The lowest BCUT2D eigenvalue weighted by Gasteiger charge is -2.26. The molecule has 0 unspecified atom stereocenters. The Kier molecular flexibility index (Phi) is 7.25. The maximum Gasteiger partial charge on any atom is 0.337 e. The lowest BCUT2D eigenvalue weighted by Crippen LogP contribution is -2.54. The summed E-state index contributed by atoms with van der Waals surface area (Å²) in [5, 5.41) is 2.15. The molecule has 1 aliphatic heterocycles. The van der Waals surface area contributed by atoms with Crippen molar-refractivity contribution in [2.45, 2.75) is 6.61 Å². The number of urea groups is 1. The molecular weight excluding hydrogens is 535 g/mol. The van der Waals surface area contributed by atoms with E-state index in [1.807, 2.05) is 0 Å². The van der Waals surface area contributed by atoms with Crippen LogP contribution in [0.1, 0.15) is 21.5 Å². The Morgan fingerprint density at radius 3 is 2.36 bits per heavy atom. The van der Waals surface area contributed by atoms with Crippen LogP contribution in [0.15, 0.2) is 76.8 Å². The fourth-order valence-corrected chi connectivity index (χ4v) is 3.90. The van der Waals surface area contributed by atoms with Gasteiger partial charge in [-0.25, -0.2) is 18.9 Å². The van der Waals surface area contributed by atoms with Gasteiger partial charge in [0.1, 0.15) is 23.7 Å². The highest BCUT2D eigenvalue weighted by atomic mass is 79.9. The first-order valence-corrected chi connectivity index (χ1v) is 11.3. The van der Waals surface area contributed by atoms with Gasteiger partial charge in [-0.1, -0.05) is 18.2 Å². The Morgan fingerprint density at radius 1 is 1.03 bits per heavy atom. The quantitative estimate of drug-likeness (QED) is 0.272. The number of benzene rings is 3. The normalized spacial score (nSPS) is 14.6. The fourth-order valence-electron chi connectivity index (χ4n) is 3.39. The highest BCUT2D eigenvalue weighted by Crippen LogP contribution is 2.29. The molecule has 0 aliphatic carbocycles. The SMILES string of the molecule is COC(=O)c1ccc(N2C(=O)NC(=O)/C(=C\c3ccc(OCc4ccc(F)cc4)c(Br)c3)C2=O)cc1. The molecule has 1 N–H and O–H groups in total. The molecule has 1 heterocycles. The molecule has 3 aromatic carbocycles. The average molecular weight is 553 g/mol. The largest absolute Gasteiger partial charge is 0.488 e. The molecule has 182 valence electrons. The van der Waals surface area contributed by atoms with Crippen molar-refractivity contribution in [2.24, 2.45) is 0 Å². The summed E-state index contributed by atoms with van der Waals surface area (Å²) in [4.78, 5) is 50.4. The summed E-state index contributed by atoms with van der Waals surface area (Å²) >= 11 is 3.41. The van der Waals surface area contributed by atoms with Crippen molar-refractivity contribution in [1.82, 2.24) is 5.32 Å². The van der Waals surface area contributed by atoms with E-state index in [1.54, 1.807) is 30.3 Å². The van der Waals surface area contributed by atoms with E-state index >= 15 is 0 Å². The fraction of sp³-hybridized carbons (Fsp3) is 0.0769. The Bertz CT molecular complexity index is 1390. The third-order valence-corrected chi connectivity index (χ3v) is 5.84. The Morgan fingerprint density at radius 2 is 1.72 bits per heavy atom. The Hall–Kier alpha value is -4.31. The van der Waals surface area contributed by atoms with Gasteiger partial charge in [-0.15, -0.1) is 0 Å². The van der Waals surface area contributed by atoms with Gasteiger partial charge < -0.3 is 9.47 Å². The predicted molar refractivity (Wildman–Crippen MR) is 132 cm³/mol. The van der Waals surface area contributed by atoms with Gasteiger partial charge in [0.2, 0.25) is 0 Å². The number of ether oxygens (including phenoxy) is 2. The van der Waals surface area contributed by atoms with Gasteiger partial charge in [0.05, 0.1) is 22.8 Å². The van der Waals surface area contributed by atoms with Gasteiger partial charge in [0.15, 0.2) is 0 Å². The van der Waals surface area contributed by atoms with E-state index in [0.717, 1.165) is 10.5 Å². The van der Waals surface area contributed by atoms with Gasteiger partial charge in [0.25, 0.3) is 11.8 Å². The van der Waals surface area contributed by atoms with Gasteiger partial charge in [0, 0.05) is 0 Å². The molecule has 36 heavy (non-hydrogen) atoms. The number of esters is 1. The first kappa shape index (κ1) is 24.8. The highest BCUT2D eigenvalue weighted by molar-refractivity contribution is 9.10. The number of hydrogen-bond donors (Lipinski definition) is 1. The second-order valence-electron chi connectivity index (χ2n) is 7.60. The van der Waals surface area contributed by atoms with Gasteiger partial charge in [-0.05, 0) is 81.7 Å². The molecule has 4 amide bonds. The van der Waals surface area contributed by atoms with Crippen LogP contribution >= 0.6 is 15.9 Å². The number of barbiturate groups is 1. The Labute approximate surface area is 213 Å². The van der Waals surface area contributed by atoms with E-state index < -0.39 is 23.8 Å². The second kappa shape index (κ2) is 10.5. The van der Waals surface area contributed by atoms with Gasteiger partial charge in [-0.3, -0.25) is 14.9 Å². The number of carbonyl (C=O) groups excluding carboxylic acids is 4. The number of methoxy groups -OCH3 is 1. The van der Waals surface area contributed by atoms with Crippen molar-refractivity contribution in [1.29, 1.82) is 0 Å². The van der Waals surface area contributed by atoms with Crippen molar-refractivity contribution in [3.63, 3.8) is 0 Å². The van der Waals surface area contributed by atoms with E-state index in [2.05, 4.69) is 26.0 Å². The molecule has 3 aromatic rings. The van der Waals surface area contributed by atoms with Crippen molar-refractivity contribution in [2.75, 3.05) is 12.0 Å². The number of nitrogens with one attached hydrogen (secondary N) is 1. The molecule has 8 nitrogen and oxygen atoms in total. The van der Waals surface area contributed by atoms with E-state index in [4.69, 9.17) is 4.74 Å². The van der Waals surface area contributed by atoms with E-state index in [1.165, 1.54) is 49.6 Å². The lowest BCUT2D eigenvalue weighted by molar-refractivity contribution is -0.122. The molecule has 0 spiro atoms. The molecule has 1 aliphatic rings. The summed E-state index contributed by atoms with van der Waals surface area (Å²) in [6, 6.07) is 15.6. The van der Waals surface area contributed by atoms with E-state index in [9.17, 15) is 23.6 Å². The van der Waals surface area contributed by atoms with E-state index in [-0.39, 0.29) is 29.2 Å². The second-order valence-corrected chi connectivity index (χ2v) is 8.46. The minimum absolute atomic E-state index is 0.175. The molecule has 10 heteroatoms. The Balaban J connectivity index is 1.54. The summed E-state index contributed by atoms with van der Waals surface area (Å²) in [7, 11) is 1.24. The number of carbonyl (C=O) groups is 4. The highest BCUT2D eigenvalue weighted by Gasteiger charge is 2.36. The zero-order valence-corrected chi connectivity index (χ0v) is 20.4.